The Labute approximate surface area is 179 Å². The predicted molar refractivity (Wildman–Crippen MR) is 122 cm³/mol. The Morgan fingerprint density at radius 2 is 2.03 bits per heavy atom. The van der Waals surface area contributed by atoms with Gasteiger partial charge in [0.25, 0.3) is 0 Å². The third-order valence-electron chi connectivity index (χ3n) is 4.46. The summed E-state index contributed by atoms with van der Waals surface area (Å²) in [6.45, 7) is 5.47. The van der Waals surface area contributed by atoms with Crippen LogP contribution in [-0.4, -0.2) is 60.5 Å². The predicted octanol–water partition coefficient (Wildman–Crippen LogP) is 3.30. The molecule has 0 bridgehead atoms. The fourth-order valence-corrected chi connectivity index (χ4v) is 3.05. The van der Waals surface area contributed by atoms with Gasteiger partial charge in [-0.3, -0.25) is 0 Å². The Hall–Kier alpha value is -2.32. The van der Waals surface area contributed by atoms with Crippen molar-refractivity contribution in [2.75, 3.05) is 46.2 Å². The Morgan fingerprint density at radius 3 is 2.72 bits per heavy atom. The van der Waals surface area contributed by atoms with Crippen molar-refractivity contribution < 1.29 is 9.47 Å². The second-order valence-corrected chi connectivity index (χ2v) is 7.60. The summed E-state index contributed by atoms with van der Waals surface area (Å²) < 4.78 is 13.5. The molecule has 0 aliphatic heterocycles. The van der Waals surface area contributed by atoms with Crippen molar-refractivity contribution in [2.45, 2.75) is 32.7 Å². The van der Waals surface area contributed by atoms with Gasteiger partial charge in [-0.15, -0.1) is 0 Å². The van der Waals surface area contributed by atoms with E-state index in [0.29, 0.717) is 11.7 Å². The lowest BCUT2D eigenvalue weighted by molar-refractivity contribution is 0.277. The topological polar surface area (TPSA) is 63.6 Å². The van der Waals surface area contributed by atoms with E-state index in [1.165, 1.54) is 0 Å². The summed E-state index contributed by atoms with van der Waals surface area (Å²) in [5, 5.41) is 7.05. The number of imidazole rings is 1. The highest BCUT2D eigenvalue weighted by atomic mass is 32.1. The lowest BCUT2D eigenvalue weighted by atomic mass is 10.2. The molecule has 160 valence electrons. The van der Waals surface area contributed by atoms with Crippen LogP contribution in [-0.2, 0) is 6.54 Å². The summed E-state index contributed by atoms with van der Waals surface area (Å²) in [7, 11) is 5.80. The maximum Gasteiger partial charge on any atom is 0.170 e. The van der Waals surface area contributed by atoms with Crippen LogP contribution in [0.5, 0.6) is 11.5 Å². The number of aryl methyl sites for hydroxylation is 2. The van der Waals surface area contributed by atoms with E-state index in [9.17, 15) is 0 Å². The maximum atomic E-state index is 5.93. The molecule has 0 aliphatic carbocycles. The van der Waals surface area contributed by atoms with Crippen LogP contribution in [0.15, 0.2) is 30.7 Å². The Balaban J connectivity index is 1.76. The van der Waals surface area contributed by atoms with Crippen molar-refractivity contribution in [3.63, 3.8) is 0 Å². The molecule has 0 atom stereocenters. The van der Waals surface area contributed by atoms with Crippen molar-refractivity contribution in [3.05, 3.63) is 36.4 Å². The number of methoxy groups -OCH3 is 1. The summed E-state index contributed by atoms with van der Waals surface area (Å²) in [6, 6.07) is 5.75. The van der Waals surface area contributed by atoms with Crippen LogP contribution in [0.1, 0.15) is 25.0 Å². The van der Waals surface area contributed by atoms with Crippen LogP contribution in [0, 0.1) is 6.92 Å². The van der Waals surface area contributed by atoms with Gasteiger partial charge in [-0.05, 0) is 71.2 Å². The van der Waals surface area contributed by atoms with Gasteiger partial charge in [0.2, 0.25) is 0 Å². The Bertz CT molecular complexity index is 763. The Morgan fingerprint density at radius 1 is 1.21 bits per heavy atom. The van der Waals surface area contributed by atoms with E-state index >= 15 is 0 Å². The van der Waals surface area contributed by atoms with Crippen LogP contribution in [0.25, 0.3) is 0 Å². The van der Waals surface area contributed by atoms with Gasteiger partial charge < -0.3 is 29.6 Å². The number of rotatable bonds is 12. The lowest BCUT2D eigenvalue weighted by Crippen LogP contribution is -2.29. The van der Waals surface area contributed by atoms with E-state index in [1.54, 1.807) is 7.11 Å². The molecule has 2 N–H and O–H groups in total. The van der Waals surface area contributed by atoms with Crippen LogP contribution >= 0.6 is 12.2 Å². The number of benzene rings is 1. The lowest BCUT2D eigenvalue weighted by Gasteiger charge is -2.15. The van der Waals surface area contributed by atoms with Gasteiger partial charge in [-0.2, -0.15) is 0 Å². The summed E-state index contributed by atoms with van der Waals surface area (Å²) in [4.78, 5) is 6.31. The Kier molecular flexibility index (Phi) is 9.73. The van der Waals surface area contributed by atoms with Crippen molar-refractivity contribution in [1.82, 2.24) is 19.8 Å². The molecule has 0 spiro atoms. The average Bonchev–Trinajstić information content (AvgIpc) is 3.10. The maximum absolute atomic E-state index is 5.93. The van der Waals surface area contributed by atoms with Gasteiger partial charge in [0.15, 0.2) is 16.6 Å². The first-order chi connectivity index (χ1) is 14.0. The fraction of sp³-hybridized carbons (Fsp3) is 0.524. The zero-order chi connectivity index (χ0) is 21.1. The van der Waals surface area contributed by atoms with Gasteiger partial charge in [0.05, 0.1) is 20.0 Å². The second-order valence-electron chi connectivity index (χ2n) is 7.19. The third-order valence-corrected chi connectivity index (χ3v) is 4.71. The summed E-state index contributed by atoms with van der Waals surface area (Å²) >= 11 is 5.41. The van der Waals surface area contributed by atoms with Crippen molar-refractivity contribution in [2.24, 2.45) is 0 Å². The molecular formula is C21H33N5O2S. The van der Waals surface area contributed by atoms with E-state index < -0.39 is 0 Å². The highest BCUT2D eigenvalue weighted by Gasteiger charge is 2.07. The number of nitrogens with one attached hydrogen (secondary N) is 2. The van der Waals surface area contributed by atoms with E-state index in [1.807, 2.05) is 30.7 Å². The number of hydrogen-bond donors (Lipinski definition) is 2. The van der Waals surface area contributed by atoms with Gasteiger partial charge in [0.1, 0.15) is 0 Å². The van der Waals surface area contributed by atoms with Crippen molar-refractivity contribution >= 4 is 23.0 Å². The number of hydrogen-bond acceptors (Lipinski definition) is 5. The molecule has 1 heterocycles. The molecule has 29 heavy (non-hydrogen) atoms. The normalized spacial score (nSPS) is 10.8. The summed E-state index contributed by atoms with van der Waals surface area (Å²) in [5.74, 6) is 1.44. The van der Waals surface area contributed by atoms with E-state index in [0.717, 1.165) is 61.8 Å². The van der Waals surface area contributed by atoms with E-state index in [4.69, 9.17) is 21.7 Å². The average molecular weight is 420 g/mol. The molecular weight excluding hydrogens is 386 g/mol. The molecule has 0 radical (unpaired) electrons. The van der Waals surface area contributed by atoms with E-state index in [2.05, 4.69) is 46.1 Å². The van der Waals surface area contributed by atoms with E-state index in [-0.39, 0.29) is 0 Å². The van der Waals surface area contributed by atoms with Crippen LogP contribution in [0.3, 0.4) is 0 Å². The van der Waals surface area contributed by atoms with Crippen LogP contribution < -0.4 is 20.1 Å². The minimum absolute atomic E-state index is 0.592. The monoisotopic (exact) mass is 419 g/mol. The molecule has 8 heteroatoms. The molecule has 0 amide bonds. The molecule has 0 saturated carbocycles. The first kappa shape index (κ1) is 23.0. The number of aromatic nitrogens is 2. The summed E-state index contributed by atoms with van der Waals surface area (Å²) in [6.07, 6.45) is 6.77. The SMILES string of the molecule is COc1ccc(NC(=S)NCCCn2cncc2C)cc1OCCCCN(C)C. The smallest absolute Gasteiger partial charge is 0.170 e. The zero-order valence-corrected chi connectivity index (χ0v) is 18.7. The number of unbranched alkanes of at least 4 members (excludes halogenated alkanes) is 1. The molecule has 2 rings (SSSR count). The van der Waals surface area contributed by atoms with Gasteiger partial charge in [-0.25, -0.2) is 4.98 Å². The molecule has 0 fully saturated rings. The zero-order valence-electron chi connectivity index (χ0n) is 17.9. The highest BCUT2D eigenvalue weighted by molar-refractivity contribution is 7.80. The first-order valence-corrected chi connectivity index (χ1v) is 10.4. The molecule has 1 aromatic heterocycles. The quantitative estimate of drug-likeness (QED) is 0.404. The fourth-order valence-electron chi connectivity index (χ4n) is 2.83. The molecule has 7 nitrogen and oxygen atoms in total. The molecule has 0 saturated heterocycles. The number of thiocarbonyl (C=S) groups is 1. The van der Waals surface area contributed by atoms with Crippen molar-refractivity contribution in [3.8, 4) is 11.5 Å². The standard InChI is InChI=1S/C21H33N5O2S/c1-17-15-22-16-26(17)12-7-10-23-21(29)24-18-8-9-19(27-4)20(14-18)28-13-6-5-11-25(2)3/h8-9,14-16H,5-7,10-13H2,1-4H3,(H2,23,24,29). The molecule has 0 aliphatic rings. The first-order valence-electron chi connectivity index (χ1n) is 9.96. The van der Waals surface area contributed by atoms with Crippen LogP contribution in [0.4, 0.5) is 5.69 Å². The number of anilines is 1. The molecule has 2 aromatic rings. The van der Waals surface area contributed by atoms with Crippen LogP contribution in [0.2, 0.25) is 0 Å². The molecule has 1 aromatic carbocycles. The third kappa shape index (κ3) is 8.29. The minimum atomic E-state index is 0.592. The minimum Gasteiger partial charge on any atom is -0.493 e. The second kappa shape index (κ2) is 12.3. The largest absolute Gasteiger partial charge is 0.493 e. The van der Waals surface area contributed by atoms with Crippen molar-refractivity contribution in [1.29, 1.82) is 0 Å². The molecule has 0 unspecified atom stereocenters. The highest BCUT2D eigenvalue weighted by Crippen LogP contribution is 2.30. The van der Waals surface area contributed by atoms with Gasteiger partial charge in [0, 0.05) is 36.7 Å². The number of nitrogens with zero attached hydrogens (tertiary/aromatic N) is 3. The van der Waals surface area contributed by atoms with Gasteiger partial charge in [-0.1, -0.05) is 0 Å². The van der Waals surface area contributed by atoms with Gasteiger partial charge >= 0.3 is 0 Å². The number of ether oxygens (including phenoxy) is 2. The summed E-state index contributed by atoms with van der Waals surface area (Å²) in [5.41, 5.74) is 2.04.